The molecule has 26 heavy (non-hydrogen) atoms. The minimum atomic E-state index is -0.404. The number of rotatable bonds is 6. The van der Waals surface area contributed by atoms with Gasteiger partial charge in [-0.1, -0.05) is 0 Å². The van der Waals surface area contributed by atoms with Crippen molar-refractivity contribution in [3.05, 3.63) is 46.1 Å². The number of hydrogen-bond acceptors (Lipinski definition) is 6. The molecule has 1 aliphatic heterocycles. The number of hydrogen-bond donors (Lipinski definition) is 0. The summed E-state index contributed by atoms with van der Waals surface area (Å²) in [5.41, 5.74) is 1.73. The Morgan fingerprint density at radius 1 is 1.31 bits per heavy atom. The molecule has 1 saturated heterocycles. The summed E-state index contributed by atoms with van der Waals surface area (Å²) < 4.78 is 5.59. The number of nitrogens with zero attached hydrogens (tertiary/aromatic N) is 4. The topological polar surface area (TPSA) is 81.4 Å². The minimum Gasteiger partial charge on any atom is -0.381 e. The van der Waals surface area contributed by atoms with E-state index in [0.29, 0.717) is 11.7 Å². The van der Waals surface area contributed by atoms with Crippen LogP contribution in [0, 0.1) is 23.0 Å². The van der Waals surface area contributed by atoms with Crippen LogP contribution in [0.2, 0.25) is 0 Å². The molecular formula is C19H24N4O3. The van der Waals surface area contributed by atoms with E-state index in [1.165, 1.54) is 18.6 Å². The summed E-state index contributed by atoms with van der Waals surface area (Å²) in [6.45, 7) is 7.39. The molecule has 3 rings (SSSR count). The van der Waals surface area contributed by atoms with Crippen LogP contribution in [0.3, 0.4) is 0 Å². The Labute approximate surface area is 153 Å². The van der Waals surface area contributed by atoms with Crippen molar-refractivity contribution in [1.29, 1.82) is 0 Å². The summed E-state index contributed by atoms with van der Waals surface area (Å²) in [6.07, 6.45) is 2.30. The van der Waals surface area contributed by atoms with Gasteiger partial charge in [0.25, 0.3) is 5.69 Å². The maximum absolute atomic E-state index is 10.8. The van der Waals surface area contributed by atoms with E-state index >= 15 is 0 Å². The second-order valence-electron chi connectivity index (χ2n) is 6.61. The SMILES string of the molecule is CCOCC1CCCN(c2cc(C)nc(-c3ccc([N+](=O)[O-])cc3)n2)C1. The Morgan fingerprint density at radius 3 is 2.77 bits per heavy atom. The van der Waals surface area contributed by atoms with Gasteiger partial charge in [-0.2, -0.15) is 0 Å². The predicted molar refractivity (Wildman–Crippen MR) is 100 cm³/mol. The van der Waals surface area contributed by atoms with E-state index in [4.69, 9.17) is 9.72 Å². The number of piperidine rings is 1. The zero-order valence-electron chi connectivity index (χ0n) is 15.2. The Balaban J connectivity index is 1.82. The van der Waals surface area contributed by atoms with Crippen molar-refractivity contribution in [2.24, 2.45) is 5.92 Å². The van der Waals surface area contributed by atoms with E-state index in [-0.39, 0.29) is 5.69 Å². The maximum atomic E-state index is 10.8. The van der Waals surface area contributed by atoms with Gasteiger partial charge in [0.2, 0.25) is 0 Å². The van der Waals surface area contributed by atoms with Crippen LogP contribution in [0.25, 0.3) is 11.4 Å². The molecule has 0 aliphatic carbocycles. The van der Waals surface area contributed by atoms with Crippen molar-refractivity contribution in [3.8, 4) is 11.4 Å². The molecule has 138 valence electrons. The third-order valence-electron chi connectivity index (χ3n) is 4.58. The number of aromatic nitrogens is 2. The van der Waals surface area contributed by atoms with Gasteiger partial charge in [0, 0.05) is 49.2 Å². The first-order valence-electron chi connectivity index (χ1n) is 9.00. The molecule has 1 unspecified atom stereocenters. The van der Waals surface area contributed by atoms with Crippen molar-refractivity contribution in [2.45, 2.75) is 26.7 Å². The van der Waals surface area contributed by atoms with Gasteiger partial charge in [0.1, 0.15) is 5.82 Å². The largest absolute Gasteiger partial charge is 0.381 e. The molecule has 1 fully saturated rings. The molecule has 0 N–H and O–H groups in total. The predicted octanol–water partition coefficient (Wildman–Crippen LogP) is 3.61. The van der Waals surface area contributed by atoms with Gasteiger partial charge in [0.15, 0.2) is 5.82 Å². The molecule has 2 heterocycles. The van der Waals surface area contributed by atoms with E-state index in [0.717, 1.165) is 49.8 Å². The summed E-state index contributed by atoms with van der Waals surface area (Å²) in [4.78, 5) is 21.9. The Bertz CT molecular complexity index is 764. The maximum Gasteiger partial charge on any atom is 0.269 e. The van der Waals surface area contributed by atoms with Crippen LogP contribution in [0.15, 0.2) is 30.3 Å². The standard InChI is InChI=1S/C19H24N4O3/c1-3-26-13-15-5-4-10-22(12-15)18-11-14(2)20-19(21-18)16-6-8-17(9-7-16)23(24)25/h6-9,11,15H,3-5,10,12-13H2,1-2H3. The molecule has 0 bridgehead atoms. The number of aryl methyl sites for hydroxylation is 1. The number of non-ortho nitro benzene ring substituents is 1. The van der Waals surface area contributed by atoms with Crippen LogP contribution in [-0.2, 0) is 4.74 Å². The molecule has 2 aromatic rings. The number of anilines is 1. The lowest BCUT2D eigenvalue weighted by Crippen LogP contribution is -2.37. The highest BCUT2D eigenvalue weighted by Gasteiger charge is 2.22. The van der Waals surface area contributed by atoms with Crippen molar-refractivity contribution in [3.63, 3.8) is 0 Å². The number of benzene rings is 1. The smallest absolute Gasteiger partial charge is 0.269 e. The van der Waals surface area contributed by atoms with E-state index in [1.54, 1.807) is 12.1 Å². The third-order valence-corrected chi connectivity index (χ3v) is 4.58. The van der Waals surface area contributed by atoms with Crippen LogP contribution in [0.5, 0.6) is 0 Å². The summed E-state index contributed by atoms with van der Waals surface area (Å²) >= 11 is 0. The zero-order valence-corrected chi connectivity index (χ0v) is 15.2. The fraction of sp³-hybridized carbons (Fsp3) is 0.474. The highest BCUT2D eigenvalue weighted by atomic mass is 16.6. The Hall–Kier alpha value is -2.54. The van der Waals surface area contributed by atoms with Crippen molar-refractivity contribution in [1.82, 2.24) is 9.97 Å². The van der Waals surface area contributed by atoms with Gasteiger partial charge in [-0.3, -0.25) is 10.1 Å². The molecule has 1 aliphatic rings. The van der Waals surface area contributed by atoms with Gasteiger partial charge >= 0.3 is 0 Å². The van der Waals surface area contributed by atoms with E-state index in [2.05, 4.69) is 9.88 Å². The van der Waals surface area contributed by atoms with Gasteiger partial charge in [-0.15, -0.1) is 0 Å². The average Bonchev–Trinajstić information content (AvgIpc) is 2.66. The Morgan fingerprint density at radius 2 is 2.08 bits per heavy atom. The average molecular weight is 356 g/mol. The summed E-state index contributed by atoms with van der Waals surface area (Å²) in [6, 6.07) is 8.37. The Kier molecular flexibility index (Phi) is 5.78. The van der Waals surface area contributed by atoms with Crippen molar-refractivity contribution < 1.29 is 9.66 Å². The van der Waals surface area contributed by atoms with Crippen LogP contribution in [0.4, 0.5) is 11.5 Å². The van der Waals surface area contributed by atoms with Gasteiger partial charge in [-0.05, 0) is 44.7 Å². The van der Waals surface area contributed by atoms with Crippen LogP contribution < -0.4 is 4.90 Å². The minimum absolute atomic E-state index is 0.0661. The van der Waals surface area contributed by atoms with Crippen LogP contribution in [-0.4, -0.2) is 41.2 Å². The second kappa shape index (κ2) is 8.23. The first-order chi connectivity index (χ1) is 12.6. The highest BCUT2D eigenvalue weighted by Crippen LogP contribution is 2.26. The normalized spacial score (nSPS) is 17.3. The van der Waals surface area contributed by atoms with Gasteiger partial charge < -0.3 is 9.64 Å². The first kappa shape index (κ1) is 18.3. The van der Waals surface area contributed by atoms with Crippen LogP contribution >= 0.6 is 0 Å². The van der Waals surface area contributed by atoms with Gasteiger partial charge in [-0.25, -0.2) is 9.97 Å². The molecule has 0 saturated carbocycles. The molecule has 0 radical (unpaired) electrons. The lowest BCUT2D eigenvalue weighted by molar-refractivity contribution is -0.384. The zero-order chi connectivity index (χ0) is 18.5. The summed E-state index contributed by atoms with van der Waals surface area (Å²) in [5, 5.41) is 10.8. The van der Waals surface area contributed by atoms with E-state index in [1.807, 2.05) is 19.9 Å². The van der Waals surface area contributed by atoms with E-state index in [9.17, 15) is 10.1 Å². The van der Waals surface area contributed by atoms with Crippen molar-refractivity contribution in [2.75, 3.05) is 31.2 Å². The lowest BCUT2D eigenvalue weighted by Gasteiger charge is -2.33. The summed E-state index contributed by atoms with van der Waals surface area (Å²) in [5.74, 6) is 2.02. The molecule has 1 atom stereocenters. The van der Waals surface area contributed by atoms with E-state index < -0.39 is 4.92 Å². The number of ether oxygens (including phenoxy) is 1. The highest BCUT2D eigenvalue weighted by molar-refractivity contribution is 5.60. The molecule has 1 aromatic carbocycles. The van der Waals surface area contributed by atoms with Crippen molar-refractivity contribution >= 4 is 11.5 Å². The number of nitro groups is 1. The first-order valence-corrected chi connectivity index (χ1v) is 9.00. The monoisotopic (exact) mass is 356 g/mol. The summed E-state index contributed by atoms with van der Waals surface area (Å²) in [7, 11) is 0. The van der Waals surface area contributed by atoms with Crippen LogP contribution in [0.1, 0.15) is 25.5 Å². The fourth-order valence-corrected chi connectivity index (χ4v) is 3.27. The molecule has 0 amide bonds. The van der Waals surface area contributed by atoms with Gasteiger partial charge in [0.05, 0.1) is 11.5 Å². The molecule has 7 nitrogen and oxygen atoms in total. The fourth-order valence-electron chi connectivity index (χ4n) is 3.27. The molecule has 0 spiro atoms. The lowest BCUT2D eigenvalue weighted by atomic mass is 9.99. The second-order valence-corrected chi connectivity index (χ2v) is 6.61. The molecular weight excluding hydrogens is 332 g/mol. The number of nitro benzene ring substituents is 1. The quantitative estimate of drug-likeness (QED) is 0.581. The molecule has 7 heteroatoms. The molecule has 1 aromatic heterocycles. The third kappa shape index (κ3) is 4.35.